The van der Waals surface area contributed by atoms with E-state index in [1.807, 2.05) is 36.7 Å². The predicted molar refractivity (Wildman–Crippen MR) is 67.4 cm³/mol. The van der Waals surface area contributed by atoms with Crippen LogP contribution in [0.5, 0.6) is 11.5 Å². The van der Waals surface area contributed by atoms with Gasteiger partial charge in [0.1, 0.15) is 5.82 Å². The van der Waals surface area contributed by atoms with Crippen LogP contribution >= 0.6 is 0 Å². The second-order valence-corrected chi connectivity index (χ2v) is 4.30. The number of nitrogens with zero attached hydrogens (tertiary/aromatic N) is 2. The maximum Gasteiger partial charge on any atom is 0.231 e. The van der Waals surface area contributed by atoms with Crippen molar-refractivity contribution in [2.45, 2.75) is 13.5 Å². The van der Waals surface area contributed by atoms with Crippen LogP contribution in [0.3, 0.4) is 0 Å². The van der Waals surface area contributed by atoms with Crippen LogP contribution in [0.1, 0.15) is 11.4 Å². The highest BCUT2D eigenvalue weighted by Crippen LogP contribution is 2.35. The summed E-state index contributed by atoms with van der Waals surface area (Å²) in [5.41, 5.74) is 8.69. The van der Waals surface area contributed by atoms with E-state index in [2.05, 4.69) is 4.98 Å². The van der Waals surface area contributed by atoms with Crippen LogP contribution in [0.4, 0.5) is 0 Å². The minimum atomic E-state index is 0.284. The van der Waals surface area contributed by atoms with Gasteiger partial charge in [-0.25, -0.2) is 4.98 Å². The molecule has 0 radical (unpaired) electrons. The molecule has 0 saturated carbocycles. The third-order valence-electron chi connectivity index (χ3n) is 3.30. The van der Waals surface area contributed by atoms with Crippen molar-refractivity contribution in [3.63, 3.8) is 0 Å². The number of hydrogen-bond donors (Lipinski definition) is 1. The highest BCUT2D eigenvalue weighted by molar-refractivity contribution is 5.63. The molecule has 1 aromatic carbocycles. The highest BCUT2D eigenvalue weighted by atomic mass is 16.7. The summed E-state index contributed by atoms with van der Waals surface area (Å²) in [6.07, 6.45) is 0. The van der Waals surface area contributed by atoms with Crippen molar-refractivity contribution < 1.29 is 9.47 Å². The van der Waals surface area contributed by atoms with E-state index in [1.54, 1.807) is 0 Å². The first-order chi connectivity index (χ1) is 8.70. The van der Waals surface area contributed by atoms with Crippen LogP contribution < -0.4 is 15.2 Å². The lowest BCUT2D eigenvalue weighted by molar-refractivity contribution is 0.174. The van der Waals surface area contributed by atoms with E-state index in [0.717, 1.165) is 34.3 Å². The van der Waals surface area contributed by atoms with Crippen LogP contribution in [0.15, 0.2) is 18.2 Å². The molecule has 0 bridgehead atoms. The SMILES string of the molecule is Cc1c(CN)nc(-c2ccc3c(c2)OCO3)n1C. The lowest BCUT2D eigenvalue weighted by atomic mass is 10.2. The molecule has 3 rings (SSSR count). The quantitative estimate of drug-likeness (QED) is 0.872. The Labute approximate surface area is 105 Å². The van der Waals surface area contributed by atoms with Crippen molar-refractivity contribution >= 4 is 0 Å². The Balaban J connectivity index is 2.10. The number of nitrogens with two attached hydrogens (primary N) is 1. The Morgan fingerprint density at radius 2 is 2.11 bits per heavy atom. The minimum absolute atomic E-state index is 0.284. The van der Waals surface area contributed by atoms with E-state index in [-0.39, 0.29) is 6.79 Å². The number of aromatic nitrogens is 2. The molecule has 94 valence electrons. The van der Waals surface area contributed by atoms with Gasteiger partial charge < -0.3 is 19.8 Å². The summed E-state index contributed by atoms with van der Waals surface area (Å²) >= 11 is 0. The van der Waals surface area contributed by atoms with Crippen molar-refractivity contribution in [3.8, 4) is 22.9 Å². The third kappa shape index (κ3) is 1.55. The van der Waals surface area contributed by atoms with E-state index < -0.39 is 0 Å². The van der Waals surface area contributed by atoms with E-state index in [1.165, 1.54) is 0 Å². The van der Waals surface area contributed by atoms with Gasteiger partial charge in [0, 0.05) is 24.8 Å². The first-order valence-electron chi connectivity index (χ1n) is 5.83. The van der Waals surface area contributed by atoms with Crippen LogP contribution in [-0.2, 0) is 13.6 Å². The summed E-state index contributed by atoms with van der Waals surface area (Å²) in [5.74, 6) is 2.44. The minimum Gasteiger partial charge on any atom is -0.454 e. The predicted octanol–water partition coefficient (Wildman–Crippen LogP) is 1.58. The Kier molecular flexibility index (Phi) is 2.48. The largest absolute Gasteiger partial charge is 0.454 e. The van der Waals surface area contributed by atoms with E-state index in [0.29, 0.717) is 6.54 Å². The molecule has 18 heavy (non-hydrogen) atoms. The Bertz CT molecular complexity index is 605. The Morgan fingerprint density at radius 3 is 2.83 bits per heavy atom. The summed E-state index contributed by atoms with van der Waals surface area (Å²) < 4.78 is 12.7. The molecule has 0 amide bonds. The zero-order valence-corrected chi connectivity index (χ0v) is 10.4. The molecule has 1 aliphatic heterocycles. The summed E-state index contributed by atoms with van der Waals surface area (Å²) in [4.78, 5) is 4.57. The van der Waals surface area contributed by atoms with Crippen LogP contribution in [0.25, 0.3) is 11.4 Å². The number of hydrogen-bond acceptors (Lipinski definition) is 4. The molecule has 5 nitrogen and oxygen atoms in total. The molecule has 0 fully saturated rings. The highest BCUT2D eigenvalue weighted by Gasteiger charge is 2.17. The maximum atomic E-state index is 5.68. The van der Waals surface area contributed by atoms with Crippen LogP contribution in [0.2, 0.25) is 0 Å². The van der Waals surface area contributed by atoms with Gasteiger partial charge in [0.2, 0.25) is 6.79 Å². The zero-order valence-electron chi connectivity index (χ0n) is 10.4. The summed E-state index contributed by atoms with van der Waals surface area (Å²) in [6, 6.07) is 5.84. The summed E-state index contributed by atoms with van der Waals surface area (Å²) in [7, 11) is 1.99. The molecule has 2 heterocycles. The molecule has 0 unspecified atom stereocenters. The number of rotatable bonds is 2. The zero-order chi connectivity index (χ0) is 12.7. The molecule has 2 aromatic rings. The molecule has 0 aliphatic carbocycles. The first kappa shape index (κ1) is 11.1. The fourth-order valence-electron chi connectivity index (χ4n) is 2.12. The monoisotopic (exact) mass is 245 g/mol. The molecular formula is C13H15N3O2. The average Bonchev–Trinajstić information content (AvgIpc) is 2.95. The van der Waals surface area contributed by atoms with Gasteiger partial charge in [0.05, 0.1) is 5.69 Å². The van der Waals surface area contributed by atoms with Crippen molar-refractivity contribution in [1.82, 2.24) is 9.55 Å². The normalized spacial score (nSPS) is 13.1. The molecule has 1 aliphatic rings. The topological polar surface area (TPSA) is 62.3 Å². The number of fused-ring (bicyclic) bond motifs is 1. The van der Waals surface area contributed by atoms with Crippen LogP contribution in [-0.4, -0.2) is 16.3 Å². The van der Waals surface area contributed by atoms with Crippen molar-refractivity contribution in [2.24, 2.45) is 12.8 Å². The van der Waals surface area contributed by atoms with Crippen molar-refractivity contribution in [1.29, 1.82) is 0 Å². The molecule has 0 atom stereocenters. The van der Waals surface area contributed by atoms with Gasteiger partial charge >= 0.3 is 0 Å². The van der Waals surface area contributed by atoms with E-state index >= 15 is 0 Å². The molecule has 0 spiro atoms. The van der Waals surface area contributed by atoms with E-state index in [9.17, 15) is 0 Å². The molecular weight excluding hydrogens is 230 g/mol. The second kappa shape index (κ2) is 4.03. The lowest BCUT2D eigenvalue weighted by Crippen LogP contribution is -1.99. The fraction of sp³-hybridized carbons (Fsp3) is 0.308. The third-order valence-corrected chi connectivity index (χ3v) is 3.30. The number of ether oxygens (including phenoxy) is 2. The van der Waals surface area contributed by atoms with Gasteiger partial charge in [0.25, 0.3) is 0 Å². The van der Waals surface area contributed by atoms with Gasteiger partial charge in [-0.3, -0.25) is 0 Å². The van der Waals surface area contributed by atoms with Gasteiger partial charge in [-0.1, -0.05) is 0 Å². The smallest absolute Gasteiger partial charge is 0.231 e. The van der Waals surface area contributed by atoms with Gasteiger partial charge in [-0.15, -0.1) is 0 Å². The van der Waals surface area contributed by atoms with Crippen molar-refractivity contribution in [3.05, 3.63) is 29.6 Å². The van der Waals surface area contributed by atoms with Crippen LogP contribution in [0, 0.1) is 6.92 Å². The Hall–Kier alpha value is -2.01. The molecule has 0 saturated heterocycles. The lowest BCUT2D eigenvalue weighted by Gasteiger charge is -2.04. The first-order valence-corrected chi connectivity index (χ1v) is 5.83. The molecule has 1 aromatic heterocycles. The molecule has 5 heteroatoms. The number of imidazole rings is 1. The van der Waals surface area contributed by atoms with E-state index in [4.69, 9.17) is 15.2 Å². The summed E-state index contributed by atoms with van der Waals surface area (Å²) in [6.45, 7) is 2.75. The number of benzene rings is 1. The maximum absolute atomic E-state index is 5.68. The van der Waals surface area contributed by atoms with Gasteiger partial charge in [-0.05, 0) is 25.1 Å². The summed E-state index contributed by atoms with van der Waals surface area (Å²) in [5, 5.41) is 0. The standard InChI is InChI=1S/C13H15N3O2/c1-8-10(6-14)15-13(16(8)2)9-3-4-11-12(5-9)18-7-17-11/h3-5H,6-7,14H2,1-2H3. The fourth-order valence-corrected chi connectivity index (χ4v) is 2.12. The second-order valence-electron chi connectivity index (χ2n) is 4.30. The Morgan fingerprint density at radius 1 is 1.33 bits per heavy atom. The molecule has 2 N–H and O–H groups in total. The van der Waals surface area contributed by atoms with Crippen molar-refractivity contribution in [2.75, 3.05) is 6.79 Å². The average molecular weight is 245 g/mol. The van der Waals surface area contributed by atoms with Gasteiger partial charge in [-0.2, -0.15) is 0 Å². The van der Waals surface area contributed by atoms with Gasteiger partial charge in [0.15, 0.2) is 11.5 Å².